The predicted octanol–water partition coefficient (Wildman–Crippen LogP) is 1.96. The van der Waals surface area contributed by atoms with Gasteiger partial charge in [-0.2, -0.15) is 0 Å². The summed E-state index contributed by atoms with van der Waals surface area (Å²) in [4.78, 5) is 30.5. The van der Waals surface area contributed by atoms with E-state index in [2.05, 4.69) is 12.2 Å². The fourth-order valence-corrected chi connectivity index (χ4v) is 3.17. The molecule has 0 aliphatic heterocycles. The lowest BCUT2D eigenvalue weighted by Crippen LogP contribution is -2.43. The van der Waals surface area contributed by atoms with Crippen LogP contribution in [0.15, 0.2) is 29.2 Å². The standard InChI is InChI=1S/C20H25N5O2/c1-5-6-9-24-16(21)14(19(26)22-12(2)3)11-15-18(24)23-17-13(4)8-7-10-25(17)20(15)27/h7-8,10-12,21H,5-6,9H2,1-4H3,(H,22,26)/p+1. The van der Waals surface area contributed by atoms with Crippen LogP contribution in [0.3, 0.4) is 0 Å². The molecule has 1 amide bonds. The molecule has 3 aromatic heterocycles. The molecule has 3 heterocycles. The molecule has 7 nitrogen and oxygen atoms in total. The molecule has 0 aromatic carbocycles. The van der Waals surface area contributed by atoms with Crippen molar-refractivity contribution in [3.63, 3.8) is 0 Å². The minimum absolute atomic E-state index is 0.0323. The van der Waals surface area contributed by atoms with Crippen molar-refractivity contribution >= 4 is 28.4 Å². The van der Waals surface area contributed by atoms with E-state index in [1.54, 1.807) is 16.8 Å². The predicted molar refractivity (Wildman–Crippen MR) is 106 cm³/mol. The number of carbonyl (C=O) groups is 1. The zero-order valence-electron chi connectivity index (χ0n) is 16.2. The second-order valence-corrected chi connectivity index (χ2v) is 7.12. The van der Waals surface area contributed by atoms with Gasteiger partial charge in [0.1, 0.15) is 10.9 Å². The molecule has 142 valence electrons. The molecule has 27 heavy (non-hydrogen) atoms. The average molecular weight is 368 g/mol. The first kappa shape index (κ1) is 18.8. The average Bonchev–Trinajstić information content (AvgIpc) is 2.61. The Morgan fingerprint density at radius 3 is 2.81 bits per heavy atom. The van der Waals surface area contributed by atoms with E-state index < -0.39 is 0 Å². The molecular weight excluding hydrogens is 342 g/mol. The van der Waals surface area contributed by atoms with E-state index in [9.17, 15) is 9.59 Å². The van der Waals surface area contributed by atoms with Gasteiger partial charge in [-0.1, -0.05) is 24.4 Å². The van der Waals surface area contributed by atoms with Crippen molar-refractivity contribution in [3.05, 3.63) is 45.9 Å². The first-order valence-corrected chi connectivity index (χ1v) is 9.30. The van der Waals surface area contributed by atoms with E-state index in [-0.39, 0.29) is 17.5 Å². The van der Waals surface area contributed by atoms with Crippen LogP contribution in [0.1, 0.15) is 49.5 Å². The molecule has 3 N–H and O–H groups in total. The zero-order valence-corrected chi connectivity index (χ0v) is 16.2. The van der Waals surface area contributed by atoms with Gasteiger partial charge in [0.15, 0.2) is 0 Å². The number of hydrogen-bond acceptors (Lipinski definition) is 4. The lowest BCUT2D eigenvalue weighted by Gasteiger charge is -2.13. The minimum Gasteiger partial charge on any atom is -0.350 e. The highest BCUT2D eigenvalue weighted by atomic mass is 16.2. The molecule has 0 saturated carbocycles. The third-order valence-electron chi connectivity index (χ3n) is 4.57. The van der Waals surface area contributed by atoms with Crippen molar-refractivity contribution in [2.24, 2.45) is 0 Å². The molecule has 3 aromatic rings. The first-order valence-electron chi connectivity index (χ1n) is 9.30. The number of carbonyl (C=O) groups excluding carboxylic acids is 1. The highest BCUT2D eigenvalue weighted by Gasteiger charge is 2.24. The number of nitrogen functional groups attached to an aromatic ring is 1. The van der Waals surface area contributed by atoms with E-state index in [1.807, 2.05) is 32.9 Å². The highest BCUT2D eigenvalue weighted by Crippen LogP contribution is 2.16. The summed E-state index contributed by atoms with van der Waals surface area (Å²) in [5.74, 6) is 0.0438. The van der Waals surface area contributed by atoms with Crippen LogP contribution in [-0.4, -0.2) is 21.3 Å². The number of hydrogen-bond donors (Lipinski definition) is 2. The van der Waals surface area contributed by atoms with Gasteiger partial charge in [-0.05, 0) is 39.3 Å². The summed E-state index contributed by atoms with van der Waals surface area (Å²) in [6, 6.07) is 5.26. The summed E-state index contributed by atoms with van der Waals surface area (Å²) < 4.78 is 3.31. The van der Waals surface area contributed by atoms with E-state index in [1.165, 1.54) is 4.40 Å². The third kappa shape index (κ3) is 3.37. The van der Waals surface area contributed by atoms with E-state index in [0.29, 0.717) is 34.6 Å². The van der Waals surface area contributed by atoms with Gasteiger partial charge < -0.3 is 11.1 Å². The Balaban J connectivity index is 2.39. The van der Waals surface area contributed by atoms with Crippen molar-refractivity contribution in [1.29, 1.82) is 0 Å². The molecule has 0 aliphatic carbocycles. The second-order valence-electron chi connectivity index (χ2n) is 7.12. The van der Waals surface area contributed by atoms with Gasteiger partial charge in [-0.15, -0.1) is 0 Å². The molecule has 0 bridgehead atoms. The van der Waals surface area contributed by atoms with Crippen LogP contribution in [0.4, 0.5) is 5.82 Å². The molecule has 0 fully saturated rings. The monoisotopic (exact) mass is 368 g/mol. The van der Waals surface area contributed by atoms with Crippen LogP contribution >= 0.6 is 0 Å². The van der Waals surface area contributed by atoms with E-state index >= 15 is 0 Å². The molecule has 0 atom stereocenters. The molecule has 3 rings (SSSR count). The quantitative estimate of drug-likeness (QED) is 0.532. The third-order valence-corrected chi connectivity index (χ3v) is 4.57. The Morgan fingerprint density at radius 2 is 2.15 bits per heavy atom. The number of aromatic nitrogens is 3. The van der Waals surface area contributed by atoms with Gasteiger partial charge >= 0.3 is 0 Å². The number of nitrogens with one attached hydrogen (secondary N) is 1. The maximum absolute atomic E-state index is 13.1. The number of amides is 1. The Bertz CT molecular complexity index is 1090. The van der Waals surface area contributed by atoms with E-state index in [0.717, 1.165) is 18.4 Å². The largest absolute Gasteiger partial charge is 0.350 e. The van der Waals surface area contributed by atoms with Crippen LogP contribution in [0.2, 0.25) is 0 Å². The van der Waals surface area contributed by atoms with Crippen LogP contribution < -0.4 is 21.2 Å². The first-order chi connectivity index (χ1) is 12.8. The lowest BCUT2D eigenvalue weighted by molar-refractivity contribution is -0.659. The topological polar surface area (TPSA) is 93.4 Å². The number of nitrogens with zero attached hydrogens (tertiary/aromatic N) is 3. The number of nitrogens with two attached hydrogens (primary N) is 1. The SMILES string of the molecule is CCCC[n+]1c(N)c(C(=O)NC(C)C)cc2c(=O)n3cccc(C)c3nc21. The van der Waals surface area contributed by atoms with Crippen molar-refractivity contribution in [2.45, 2.75) is 53.1 Å². The number of rotatable bonds is 5. The number of fused-ring (bicyclic) bond motifs is 2. The fourth-order valence-electron chi connectivity index (χ4n) is 3.17. The number of unbranched alkanes of at least 4 members (excludes halogenated alkanes) is 1. The maximum atomic E-state index is 13.1. The molecule has 0 aliphatic rings. The number of pyridine rings is 2. The summed E-state index contributed by atoms with van der Waals surface area (Å²) in [7, 11) is 0. The van der Waals surface area contributed by atoms with Gasteiger partial charge in [0.25, 0.3) is 17.1 Å². The van der Waals surface area contributed by atoms with Crippen molar-refractivity contribution in [2.75, 3.05) is 5.73 Å². The van der Waals surface area contributed by atoms with Crippen LogP contribution in [-0.2, 0) is 6.54 Å². The molecular formula is C20H26N5O2+. The van der Waals surface area contributed by atoms with Crippen molar-refractivity contribution in [1.82, 2.24) is 14.7 Å². The minimum atomic E-state index is -0.289. The van der Waals surface area contributed by atoms with E-state index in [4.69, 9.17) is 10.7 Å². The van der Waals surface area contributed by atoms with Crippen LogP contribution in [0.25, 0.3) is 16.7 Å². The molecule has 0 saturated heterocycles. The zero-order chi connectivity index (χ0) is 19.7. The maximum Gasteiger partial charge on any atom is 0.278 e. The summed E-state index contributed by atoms with van der Waals surface area (Å²) in [6.45, 7) is 8.35. The number of anilines is 1. The fraction of sp³-hybridized carbons (Fsp3) is 0.400. The lowest BCUT2D eigenvalue weighted by atomic mass is 10.1. The van der Waals surface area contributed by atoms with Crippen LogP contribution in [0, 0.1) is 6.92 Å². The highest BCUT2D eigenvalue weighted by molar-refractivity contribution is 6.00. The second kappa shape index (κ2) is 7.34. The normalized spacial score (nSPS) is 11.4. The van der Waals surface area contributed by atoms with Crippen molar-refractivity contribution in [3.8, 4) is 0 Å². The summed E-state index contributed by atoms with van der Waals surface area (Å²) in [5.41, 5.74) is 8.46. The van der Waals surface area contributed by atoms with Crippen LogP contribution in [0.5, 0.6) is 0 Å². The molecule has 0 spiro atoms. The van der Waals surface area contributed by atoms with Gasteiger partial charge in [-0.25, -0.2) is 4.57 Å². The van der Waals surface area contributed by atoms with Crippen molar-refractivity contribution < 1.29 is 9.36 Å². The summed E-state index contributed by atoms with van der Waals surface area (Å²) in [5, 5.41) is 3.24. The Hall–Kier alpha value is -2.96. The molecule has 7 heteroatoms. The Morgan fingerprint density at radius 1 is 1.41 bits per heavy atom. The molecule has 0 unspecified atom stereocenters. The Kier molecular flexibility index (Phi) is 5.12. The summed E-state index contributed by atoms with van der Waals surface area (Å²) in [6.07, 6.45) is 3.52. The van der Waals surface area contributed by atoms with Gasteiger partial charge in [0.2, 0.25) is 11.5 Å². The Labute approximate surface area is 157 Å². The smallest absolute Gasteiger partial charge is 0.278 e. The van der Waals surface area contributed by atoms with Gasteiger partial charge in [-0.3, -0.25) is 14.0 Å². The van der Waals surface area contributed by atoms with Gasteiger partial charge in [0.05, 0.1) is 6.54 Å². The number of aryl methyl sites for hydroxylation is 2. The summed E-state index contributed by atoms with van der Waals surface area (Å²) >= 11 is 0. The van der Waals surface area contributed by atoms with Gasteiger partial charge in [0, 0.05) is 17.8 Å². The molecule has 0 radical (unpaired) electrons.